The molecule has 24 heavy (non-hydrogen) atoms. The average Bonchev–Trinajstić information content (AvgIpc) is 2.56. The van der Waals surface area contributed by atoms with Gasteiger partial charge in [-0.05, 0) is 43.4 Å². The summed E-state index contributed by atoms with van der Waals surface area (Å²) in [7, 11) is 0. The van der Waals surface area contributed by atoms with Crippen LogP contribution in [0.3, 0.4) is 0 Å². The van der Waals surface area contributed by atoms with E-state index >= 15 is 0 Å². The maximum Gasteiger partial charge on any atom is 0.227 e. The van der Waals surface area contributed by atoms with Crippen LogP contribution in [0.15, 0.2) is 48.5 Å². The van der Waals surface area contributed by atoms with E-state index in [2.05, 4.69) is 37.3 Å². The van der Waals surface area contributed by atoms with Crippen LogP contribution >= 0.6 is 0 Å². The minimum atomic E-state index is 0.262. The van der Waals surface area contributed by atoms with Crippen LogP contribution in [0.1, 0.15) is 36.0 Å². The van der Waals surface area contributed by atoms with Gasteiger partial charge in [0.15, 0.2) is 0 Å². The van der Waals surface area contributed by atoms with Crippen LogP contribution in [0.25, 0.3) is 0 Å². The summed E-state index contributed by atoms with van der Waals surface area (Å²) in [4.78, 5) is 14.5. The van der Waals surface area contributed by atoms with E-state index in [0.717, 1.165) is 24.9 Å². The van der Waals surface area contributed by atoms with Gasteiger partial charge in [-0.2, -0.15) is 0 Å². The number of rotatable bonds is 4. The molecule has 0 atom stereocenters. The number of anilines is 1. The van der Waals surface area contributed by atoms with Gasteiger partial charge in [0.25, 0.3) is 0 Å². The molecular formula is C21H23NO2. The summed E-state index contributed by atoms with van der Waals surface area (Å²) in [5.74, 6) is 0.262. The lowest BCUT2D eigenvalue weighted by molar-refractivity contribution is -0.120. The quantitative estimate of drug-likeness (QED) is 0.851. The predicted molar refractivity (Wildman–Crippen MR) is 95.0 cm³/mol. The fraction of sp³-hybridized carbons (Fsp3) is 0.381. The monoisotopic (exact) mass is 321 g/mol. The summed E-state index contributed by atoms with van der Waals surface area (Å²) in [6.07, 6.45) is 3.63. The molecule has 1 aliphatic carbocycles. The molecule has 0 radical (unpaired) electrons. The third kappa shape index (κ3) is 2.96. The van der Waals surface area contributed by atoms with E-state index in [-0.39, 0.29) is 12.0 Å². The molecule has 0 saturated heterocycles. The van der Waals surface area contributed by atoms with E-state index in [4.69, 9.17) is 4.74 Å². The number of hydrogen-bond donors (Lipinski definition) is 0. The largest absolute Gasteiger partial charge is 0.373 e. The van der Waals surface area contributed by atoms with E-state index < -0.39 is 0 Å². The highest BCUT2D eigenvalue weighted by atomic mass is 16.5. The van der Waals surface area contributed by atoms with Gasteiger partial charge in [0, 0.05) is 18.2 Å². The molecule has 1 fully saturated rings. The summed E-state index contributed by atoms with van der Waals surface area (Å²) < 4.78 is 5.99. The third-order valence-electron chi connectivity index (χ3n) is 5.14. The normalized spacial score (nSPS) is 22.9. The van der Waals surface area contributed by atoms with Gasteiger partial charge in [0.05, 0.1) is 12.7 Å². The van der Waals surface area contributed by atoms with Crippen LogP contribution in [0.4, 0.5) is 5.69 Å². The number of ether oxygens (including phenoxy) is 1. The molecule has 1 saturated carbocycles. The first-order chi connectivity index (χ1) is 11.7. The molecule has 0 bridgehead atoms. The van der Waals surface area contributed by atoms with Crippen LogP contribution < -0.4 is 4.90 Å². The van der Waals surface area contributed by atoms with Crippen LogP contribution in [0.2, 0.25) is 0 Å². The molecule has 124 valence electrons. The van der Waals surface area contributed by atoms with Crippen molar-refractivity contribution in [3.05, 3.63) is 65.2 Å². The van der Waals surface area contributed by atoms with Gasteiger partial charge in [-0.3, -0.25) is 4.79 Å². The second kappa shape index (κ2) is 6.40. The van der Waals surface area contributed by atoms with Gasteiger partial charge in [-0.15, -0.1) is 0 Å². The standard InChI is InChI=1S/C21H23NO2/c1-15-7-9-20-17(11-15)8-10-21(23)22(20)18-12-19(13-18)24-14-16-5-3-2-4-6-16/h2-7,9,11,18-19H,8,10,12-14H2,1H3/t18-,19+. The number of nitrogens with zero attached hydrogens (tertiary/aromatic N) is 1. The molecule has 0 N–H and O–H groups in total. The van der Waals surface area contributed by atoms with Gasteiger partial charge < -0.3 is 9.64 Å². The van der Waals surface area contributed by atoms with Crippen LogP contribution in [-0.4, -0.2) is 18.1 Å². The molecule has 0 aromatic heterocycles. The Balaban J connectivity index is 1.39. The molecule has 1 heterocycles. The second-order valence-electron chi connectivity index (χ2n) is 6.94. The van der Waals surface area contributed by atoms with E-state index in [1.807, 2.05) is 23.1 Å². The van der Waals surface area contributed by atoms with Crippen LogP contribution in [0, 0.1) is 6.92 Å². The van der Waals surface area contributed by atoms with Crippen molar-refractivity contribution < 1.29 is 9.53 Å². The number of aryl methyl sites for hydroxylation is 2. The number of carbonyl (C=O) groups excluding carboxylic acids is 1. The molecule has 1 amide bonds. The molecule has 2 aromatic carbocycles. The maximum absolute atomic E-state index is 12.4. The zero-order chi connectivity index (χ0) is 16.5. The highest BCUT2D eigenvalue weighted by Crippen LogP contribution is 2.37. The number of benzene rings is 2. The SMILES string of the molecule is Cc1ccc2c(c1)CCC(=O)N2[C@H]1C[C@@H](OCc2ccccc2)C1. The van der Waals surface area contributed by atoms with Gasteiger partial charge >= 0.3 is 0 Å². The van der Waals surface area contributed by atoms with Gasteiger partial charge in [-0.25, -0.2) is 0 Å². The molecule has 0 spiro atoms. The second-order valence-corrected chi connectivity index (χ2v) is 6.94. The summed E-state index contributed by atoms with van der Waals surface area (Å²) in [5, 5.41) is 0. The van der Waals surface area contributed by atoms with E-state index in [1.165, 1.54) is 16.7 Å². The molecule has 2 aliphatic rings. The molecule has 3 heteroatoms. The van der Waals surface area contributed by atoms with Crippen molar-refractivity contribution in [2.75, 3.05) is 4.90 Å². The Bertz CT molecular complexity index is 735. The van der Waals surface area contributed by atoms with E-state index in [1.54, 1.807) is 0 Å². The Morgan fingerprint density at radius 2 is 1.88 bits per heavy atom. The third-order valence-corrected chi connectivity index (χ3v) is 5.14. The Morgan fingerprint density at radius 1 is 1.08 bits per heavy atom. The lowest BCUT2D eigenvalue weighted by atomic mass is 9.85. The Morgan fingerprint density at radius 3 is 2.67 bits per heavy atom. The summed E-state index contributed by atoms with van der Waals surface area (Å²) in [6, 6.07) is 17.0. The minimum absolute atomic E-state index is 0.262. The average molecular weight is 321 g/mol. The van der Waals surface area contributed by atoms with E-state index in [0.29, 0.717) is 19.1 Å². The van der Waals surface area contributed by atoms with Gasteiger partial charge in [0.2, 0.25) is 5.91 Å². The fourth-order valence-corrected chi connectivity index (χ4v) is 3.72. The minimum Gasteiger partial charge on any atom is -0.373 e. The first kappa shape index (κ1) is 15.4. The van der Waals surface area contributed by atoms with E-state index in [9.17, 15) is 4.79 Å². The lowest BCUT2D eigenvalue weighted by Crippen LogP contribution is -2.52. The zero-order valence-electron chi connectivity index (χ0n) is 14.1. The molecular weight excluding hydrogens is 298 g/mol. The summed E-state index contributed by atoms with van der Waals surface area (Å²) >= 11 is 0. The number of fused-ring (bicyclic) bond motifs is 1. The van der Waals surface area contributed by atoms with Crippen LogP contribution in [-0.2, 0) is 22.6 Å². The number of amides is 1. The van der Waals surface area contributed by atoms with Crippen molar-refractivity contribution in [2.45, 2.75) is 51.4 Å². The zero-order valence-corrected chi connectivity index (χ0v) is 14.1. The molecule has 0 unspecified atom stereocenters. The van der Waals surface area contributed by atoms with Crippen molar-refractivity contribution in [1.82, 2.24) is 0 Å². The van der Waals surface area contributed by atoms with Crippen molar-refractivity contribution in [2.24, 2.45) is 0 Å². The van der Waals surface area contributed by atoms with Crippen molar-refractivity contribution in [3.63, 3.8) is 0 Å². The lowest BCUT2D eigenvalue weighted by Gasteiger charge is -2.44. The summed E-state index contributed by atoms with van der Waals surface area (Å²) in [5.41, 5.74) is 4.89. The van der Waals surface area contributed by atoms with Crippen LogP contribution in [0.5, 0.6) is 0 Å². The Kier molecular flexibility index (Phi) is 4.11. The smallest absolute Gasteiger partial charge is 0.227 e. The molecule has 2 aromatic rings. The van der Waals surface area contributed by atoms with Gasteiger partial charge in [-0.1, -0.05) is 48.0 Å². The maximum atomic E-state index is 12.4. The fourth-order valence-electron chi connectivity index (χ4n) is 3.72. The van der Waals surface area contributed by atoms with Gasteiger partial charge in [0.1, 0.15) is 0 Å². The van der Waals surface area contributed by atoms with Crippen molar-refractivity contribution in [1.29, 1.82) is 0 Å². The number of hydrogen-bond acceptors (Lipinski definition) is 2. The first-order valence-electron chi connectivity index (χ1n) is 8.78. The highest BCUT2D eigenvalue weighted by Gasteiger charge is 2.39. The topological polar surface area (TPSA) is 29.5 Å². The van der Waals surface area contributed by atoms with Crippen molar-refractivity contribution >= 4 is 11.6 Å². The summed E-state index contributed by atoms with van der Waals surface area (Å²) in [6.45, 7) is 2.76. The first-order valence-corrected chi connectivity index (χ1v) is 8.78. The number of carbonyl (C=O) groups is 1. The molecule has 4 rings (SSSR count). The van der Waals surface area contributed by atoms with Crippen molar-refractivity contribution in [3.8, 4) is 0 Å². The Hall–Kier alpha value is -2.13. The molecule has 1 aliphatic heterocycles. The molecule has 3 nitrogen and oxygen atoms in total. The highest BCUT2D eigenvalue weighted by molar-refractivity contribution is 5.97. The Labute approximate surface area is 143 Å². The predicted octanol–water partition coefficient (Wildman–Crippen LogP) is 4.02.